The molecule has 0 amide bonds. The zero-order chi connectivity index (χ0) is 12.4. The fraction of sp³-hybridized carbons (Fsp3) is 0.273. The van der Waals surface area contributed by atoms with Crippen LogP contribution in [0.25, 0.3) is 0 Å². The lowest BCUT2D eigenvalue weighted by atomic mass is 10.0. The van der Waals surface area contributed by atoms with Crippen molar-refractivity contribution in [3.05, 3.63) is 47.3 Å². The van der Waals surface area contributed by atoms with Crippen molar-refractivity contribution in [2.45, 2.75) is 12.5 Å². The van der Waals surface area contributed by atoms with E-state index < -0.39 is 17.7 Å². The summed E-state index contributed by atoms with van der Waals surface area (Å²) in [5.74, 6) is -1.77. The Labute approximate surface area is 97.0 Å². The maximum Gasteiger partial charge on any atom is 0.159 e. The molecule has 0 radical (unpaired) electrons. The van der Waals surface area contributed by atoms with Crippen molar-refractivity contribution in [3.8, 4) is 0 Å². The molecule has 0 aliphatic carbocycles. The number of hydrogen-bond acceptors (Lipinski definition) is 3. The summed E-state index contributed by atoms with van der Waals surface area (Å²) in [5.41, 5.74) is 7.14. The van der Waals surface area contributed by atoms with Crippen LogP contribution in [0.3, 0.4) is 0 Å². The normalized spacial score (nSPS) is 12.7. The third-order valence-corrected chi connectivity index (χ3v) is 2.45. The van der Waals surface area contributed by atoms with E-state index in [0.29, 0.717) is 17.7 Å². The fourth-order valence-corrected chi connectivity index (χ4v) is 1.58. The molecule has 17 heavy (non-hydrogen) atoms. The van der Waals surface area contributed by atoms with Crippen LogP contribution in [0.2, 0.25) is 0 Å². The van der Waals surface area contributed by atoms with Crippen LogP contribution in [0.4, 0.5) is 8.78 Å². The molecule has 0 aliphatic heterocycles. The van der Waals surface area contributed by atoms with Crippen molar-refractivity contribution in [1.82, 2.24) is 15.0 Å². The minimum absolute atomic E-state index is 0.429. The number of halogens is 2. The predicted molar refractivity (Wildman–Crippen MR) is 58.0 cm³/mol. The molecular formula is C11H12F2N4. The largest absolute Gasteiger partial charge is 0.324 e. The molecule has 6 heteroatoms. The van der Waals surface area contributed by atoms with Gasteiger partial charge >= 0.3 is 0 Å². The Hall–Kier alpha value is -1.82. The number of rotatable bonds is 3. The number of hydrogen-bond donors (Lipinski definition) is 1. The lowest BCUT2D eigenvalue weighted by Crippen LogP contribution is -2.14. The summed E-state index contributed by atoms with van der Waals surface area (Å²) in [5, 5.41) is 7.66. The molecule has 0 saturated carbocycles. The molecule has 0 saturated heterocycles. The van der Waals surface area contributed by atoms with Gasteiger partial charge in [-0.3, -0.25) is 4.68 Å². The number of benzene rings is 1. The molecule has 90 valence electrons. The first-order chi connectivity index (χ1) is 8.06. The van der Waals surface area contributed by atoms with E-state index in [1.54, 1.807) is 17.9 Å². The first kappa shape index (κ1) is 11.7. The van der Waals surface area contributed by atoms with Crippen molar-refractivity contribution in [2.24, 2.45) is 12.8 Å². The SMILES string of the molecule is Cn1cc(CC(N)c2ccc(F)c(F)c2)nn1. The highest BCUT2D eigenvalue weighted by Crippen LogP contribution is 2.17. The monoisotopic (exact) mass is 238 g/mol. The molecule has 1 unspecified atom stereocenters. The van der Waals surface area contributed by atoms with E-state index in [4.69, 9.17) is 5.73 Å². The average Bonchev–Trinajstić information content (AvgIpc) is 2.68. The van der Waals surface area contributed by atoms with Crippen molar-refractivity contribution >= 4 is 0 Å². The predicted octanol–water partition coefficient (Wildman–Crippen LogP) is 1.34. The highest BCUT2D eigenvalue weighted by molar-refractivity contribution is 5.22. The van der Waals surface area contributed by atoms with Gasteiger partial charge in [-0.2, -0.15) is 0 Å². The van der Waals surface area contributed by atoms with E-state index in [1.807, 2.05) is 0 Å². The van der Waals surface area contributed by atoms with Crippen LogP contribution < -0.4 is 5.73 Å². The molecule has 4 nitrogen and oxygen atoms in total. The lowest BCUT2D eigenvalue weighted by molar-refractivity contribution is 0.505. The Morgan fingerprint density at radius 1 is 1.35 bits per heavy atom. The zero-order valence-electron chi connectivity index (χ0n) is 9.27. The van der Waals surface area contributed by atoms with Crippen molar-refractivity contribution in [3.63, 3.8) is 0 Å². The summed E-state index contributed by atoms with van der Waals surface area (Å²) < 4.78 is 27.3. The molecule has 2 aromatic rings. The molecule has 0 fully saturated rings. The molecule has 1 aromatic heterocycles. The standard InChI is InChI=1S/C11H12F2N4/c1-17-6-8(15-16-17)5-11(14)7-2-3-9(12)10(13)4-7/h2-4,6,11H,5,14H2,1H3. The van der Waals surface area contributed by atoms with Crippen molar-refractivity contribution < 1.29 is 8.78 Å². The molecule has 2 N–H and O–H groups in total. The van der Waals surface area contributed by atoms with Gasteiger partial charge in [-0.25, -0.2) is 8.78 Å². The fourth-order valence-electron chi connectivity index (χ4n) is 1.58. The maximum absolute atomic E-state index is 13.0. The van der Waals surface area contributed by atoms with Gasteiger partial charge in [-0.1, -0.05) is 11.3 Å². The Kier molecular flexibility index (Phi) is 3.14. The molecule has 1 aromatic carbocycles. The van der Waals surface area contributed by atoms with Crippen LogP contribution in [-0.4, -0.2) is 15.0 Å². The van der Waals surface area contributed by atoms with Gasteiger partial charge in [0.05, 0.1) is 5.69 Å². The van der Waals surface area contributed by atoms with Crippen LogP contribution in [0.5, 0.6) is 0 Å². The average molecular weight is 238 g/mol. The third-order valence-electron chi connectivity index (χ3n) is 2.45. The Morgan fingerprint density at radius 2 is 2.12 bits per heavy atom. The first-order valence-electron chi connectivity index (χ1n) is 5.12. The highest BCUT2D eigenvalue weighted by Gasteiger charge is 2.12. The van der Waals surface area contributed by atoms with Crippen LogP contribution in [0.1, 0.15) is 17.3 Å². The lowest BCUT2D eigenvalue weighted by Gasteiger charge is -2.10. The van der Waals surface area contributed by atoms with Gasteiger partial charge in [0.15, 0.2) is 11.6 Å². The van der Waals surface area contributed by atoms with Gasteiger partial charge < -0.3 is 5.73 Å². The molecule has 2 rings (SSSR count). The van der Waals surface area contributed by atoms with Gasteiger partial charge in [0.25, 0.3) is 0 Å². The van der Waals surface area contributed by atoms with Crippen LogP contribution in [0.15, 0.2) is 24.4 Å². The smallest absolute Gasteiger partial charge is 0.159 e. The van der Waals surface area contributed by atoms with Gasteiger partial charge in [-0.15, -0.1) is 5.10 Å². The van der Waals surface area contributed by atoms with E-state index in [2.05, 4.69) is 10.3 Å². The Bertz CT molecular complexity index is 524. The number of aromatic nitrogens is 3. The minimum atomic E-state index is -0.892. The summed E-state index contributed by atoms with van der Waals surface area (Å²) >= 11 is 0. The van der Waals surface area contributed by atoms with Crippen molar-refractivity contribution in [2.75, 3.05) is 0 Å². The Balaban J connectivity index is 2.14. The molecule has 1 atom stereocenters. The van der Waals surface area contributed by atoms with Crippen LogP contribution in [0, 0.1) is 11.6 Å². The second kappa shape index (κ2) is 4.58. The quantitative estimate of drug-likeness (QED) is 0.877. The zero-order valence-corrected chi connectivity index (χ0v) is 9.27. The summed E-state index contributed by atoms with van der Waals surface area (Å²) in [6.07, 6.45) is 2.17. The second-order valence-electron chi connectivity index (χ2n) is 3.87. The van der Waals surface area contributed by atoms with Crippen molar-refractivity contribution in [1.29, 1.82) is 0 Å². The number of nitrogens with two attached hydrogens (primary N) is 1. The van der Waals surface area contributed by atoms with Gasteiger partial charge in [0.2, 0.25) is 0 Å². The molecule has 0 spiro atoms. The van der Waals surface area contributed by atoms with E-state index in [1.165, 1.54) is 6.07 Å². The number of aryl methyl sites for hydroxylation is 1. The third kappa shape index (κ3) is 2.65. The van der Waals surface area contributed by atoms with E-state index in [-0.39, 0.29) is 0 Å². The van der Waals surface area contributed by atoms with Crippen LogP contribution in [-0.2, 0) is 13.5 Å². The van der Waals surface area contributed by atoms with Gasteiger partial charge in [0, 0.05) is 25.7 Å². The van der Waals surface area contributed by atoms with E-state index in [0.717, 1.165) is 12.1 Å². The topological polar surface area (TPSA) is 56.7 Å². The summed E-state index contributed by atoms with van der Waals surface area (Å²) in [7, 11) is 1.75. The van der Waals surface area contributed by atoms with Gasteiger partial charge in [-0.05, 0) is 17.7 Å². The minimum Gasteiger partial charge on any atom is -0.324 e. The molecular weight excluding hydrogens is 226 g/mol. The van der Waals surface area contributed by atoms with Crippen LogP contribution >= 0.6 is 0 Å². The number of nitrogens with zero attached hydrogens (tertiary/aromatic N) is 3. The summed E-state index contributed by atoms with van der Waals surface area (Å²) in [4.78, 5) is 0. The molecule has 0 aliphatic rings. The first-order valence-corrected chi connectivity index (χ1v) is 5.12. The summed E-state index contributed by atoms with van der Waals surface area (Å²) in [6.45, 7) is 0. The molecule has 1 heterocycles. The summed E-state index contributed by atoms with van der Waals surface area (Å²) in [6, 6.07) is 3.22. The second-order valence-corrected chi connectivity index (χ2v) is 3.87. The van der Waals surface area contributed by atoms with Gasteiger partial charge in [0.1, 0.15) is 0 Å². The Morgan fingerprint density at radius 3 is 2.71 bits per heavy atom. The molecule has 0 bridgehead atoms. The maximum atomic E-state index is 13.0. The highest BCUT2D eigenvalue weighted by atomic mass is 19.2. The van der Waals surface area contributed by atoms with E-state index >= 15 is 0 Å². The van der Waals surface area contributed by atoms with E-state index in [9.17, 15) is 8.78 Å².